The van der Waals surface area contributed by atoms with Gasteiger partial charge in [0.1, 0.15) is 0 Å². The average Bonchev–Trinajstić information content (AvgIpc) is 3.07. The third-order valence-electron chi connectivity index (χ3n) is 4.46. The SMILES string of the molecule is NC(C(=O)N1CCOC(Cn2cccn2)C1)C1CCOCC1. The molecule has 2 aliphatic rings. The molecule has 0 aliphatic carbocycles. The predicted molar refractivity (Wildman–Crippen MR) is 80.1 cm³/mol. The summed E-state index contributed by atoms with van der Waals surface area (Å²) >= 11 is 0. The summed E-state index contributed by atoms with van der Waals surface area (Å²) in [6.07, 6.45) is 5.35. The van der Waals surface area contributed by atoms with Gasteiger partial charge in [0.05, 0.1) is 25.3 Å². The second-order valence-corrected chi connectivity index (χ2v) is 5.98. The van der Waals surface area contributed by atoms with E-state index in [9.17, 15) is 4.79 Å². The van der Waals surface area contributed by atoms with Crippen LogP contribution in [0.4, 0.5) is 0 Å². The summed E-state index contributed by atoms with van der Waals surface area (Å²) in [5.41, 5.74) is 6.20. The number of aromatic nitrogens is 2. The van der Waals surface area contributed by atoms with Gasteiger partial charge in [-0.05, 0) is 24.8 Å². The van der Waals surface area contributed by atoms with Gasteiger partial charge in [-0.15, -0.1) is 0 Å². The van der Waals surface area contributed by atoms with Crippen LogP contribution in [0.3, 0.4) is 0 Å². The Labute approximate surface area is 130 Å². The molecular weight excluding hydrogens is 284 g/mol. The maximum absolute atomic E-state index is 12.6. The molecule has 7 heteroatoms. The smallest absolute Gasteiger partial charge is 0.239 e. The Kier molecular flexibility index (Phi) is 5.07. The molecule has 7 nitrogen and oxygen atoms in total. The van der Waals surface area contributed by atoms with E-state index in [1.807, 2.05) is 21.8 Å². The first kappa shape index (κ1) is 15.5. The molecular formula is C15H24N4O3. The van der Waals surface area contributed by atoms with Crippen LogP contribution in [0.2, 0.25) is 0 Å². The van der Waals surface area contributed by atoms with Crippen LogP contribution < -0.4 is 5.73 Å². The highest BCUT2D eigenvalue weighted by Gasteiger charge is 2.32. The molecule has 2 atom stereocenters. The van der Waals surface area contributed by atoms with Crippen LogP contribution in [0.25, 0.3) is 0 Å². The van der Waals surface area contributed by atoms with Gasteiger partial charge in [0, 0.05) is 38.7 Å². The van der Waals surface area contributed by atoms with Crippen molar-refractivity contribution in [1.82, 2.24) is 14.7 Å². The fourth-order valence-electron chi connectivity index (χ4n) is 3.13. The first-order valence-corrected chi connectivity index (χ1v) is 7.95. The molecule has 122 valence electrons. The van der Waals surface area contributed by atoms with Crippen molar-refractivity contribution in [3.8, 4) is 0 Å². The monoisotopic (exact) mass is 308 g/mol. The maximum Gasteiger partial charge on any atom is 0.239 e. The molecule has 2 N–H and O–H groups in total. The molecule has 2 unspecified atom stereocenters. The second kappa shape index (κ2) is 7.21. The largest absolute Gasteiger partial charge is 0.381 e. The first-order valence-electron chi connectivity index (χ1n) is 7.95. The van der Waals surface area contributed by atoms with Crippen LogP contribution in [0.1, 0.15) is 12.8 Å². The average molecular weight is 308 g/mol. The van der Waals surface area contributed by atoms with E-state index in [2.05, 4.69) is 5.10 Å². The predicted octanol–water partition coefficient (Wildman–Crippen LogP) is -0.136. The number of carbonyl (C=O) groups is 1. The summed E-state index contributed by atoms with van der Waals surface area (Å²) in [7, 11) is 0. The zero-order chi connectivity index (χ0) is 15.4. The first-order chi connectivity index (χ1) is 10.7. The second-order valence-electron chi connectivity index (χ2n) is 5.98. The van der Waals surface area contributed by atoms with Gasteiger partial charge in [-0.3, -0.25) is 9.48 Å². The number of amides is 1. The van der Waals surface area contributed by atoms with Crippen LogP contribution in [0, 0.1) is 5.92 Å². The standard InChI is InChI=1S/C15H24N4O3/c16-14(12-2-7-21-8-3-12)15(20)18-6-9-22-13(10-18)11-19-5-1-4-17-19/h1,4-5,12-14H,2-3,6-11,16H2. The minimum Gasteiger partial charge on any atom is -0.381 e. The van der Waals surface area contributed by atoms with E-state index in [1.54, 1.807) is 6.20 Å². The lowest BCUT2D eigenvalue weighted by Crippen LogP contribution is -2.54. The lowest BCUT2D eigenvalue weighted by Gasteiger charge is -2.36. The topological polar surface area (TPSA) is 82.6 Å². The maximum atomic E-state index is 12.6. The van der Waals surface area contributed by atoms with Gasteiger partial charge >= 0.3 is 0 Å². The van der Waals surface area contributed by atoms with E-state index in [4.69, 9.17) is 15.2 Å². The summed E-state index contributed by atoms with van der Waals surface area (Å²) < 4.78 is 12.9. The number of morpholine rings is 1. The molecule has 0 saturated carbocycles. The van der Waals surface area contributed by atoms with E-state index in [0.717, 1.165) is 12.8 Å². The Morgan fingerprint density at radius 3 is 2.91 bits per heavy atom. The molecule has 22 heavy (non-hydrogen) atoms. The summed E-state index contributed by atoms with van der Waals surface area (Å²) in [6.45, 7) is 3.82. The van der Waals surface area contributed by atoms with Crippen molar-refractivity contribution in [2.24, 2.45) is 11.7 Å². The lowest BCUT2D eigenvalue weighted by atomic mass is 9.91. The van der Waals surface area contributed by atoms with E-state index < -0.39 is 6.04 Å². The van der Waals surface area contributed by atoms with Crippen molar-refractivity contribution in [1.29, 1.82) is 0 Å². The summed E-state index contributed by atoms with van der Waals surface area (Å²) in [6, 6.07) is 1.46. The molecule has 1 amide bonds. The third-order valence-corrected chi connectivity index (χ3v) is 4.46. The van der Waals surface area contributed by atoms with E-state index in [-0.39, 0.29) is 17.9 Å². The Balaban J connectivity index is 1.55. The Bertz CT molecular complexity index is 473. The fraction of sp³-hybridized carbons (Fsp3) is 0.733. The van der Waals surface area contributed by atoms with Gasteiger partial charge in [-0.2, -0.15) is 5.10 Å². The van der Waals surface area contributed by atoms with Crippen LogP contribution in [-0.4, -0.2) is 65.6 Å². The fourth-order valence-corrected chi connectivity index (χ4v) is 3.13. The quantitative estimate of drug-likeness (QED) is 0.837. The Morgan fingerprint density at radius 2 is 2.18 bits per heavy atom. The van der Waals surface area contributed by atoms with Crippen LogP contribution in [0.5, 0.6) is 0 Å². The van der Waals surface area contributed by atoms with Gasteiger partial charge in [-0.25, -0.2) is 0 Å². The van der Waals surface area contributed by atoms with Crippen molar-refractivity contribution >= 4 is 5.91 Å². The minimum absolute atomic E-state index is 0.0283. The van der Waals surface area contributed by atoms with E-state index in [0.29, 0.717) is 39.5 Å². The molecule has 3 heterocycles. The highest BCUT2D eigenvalue weighted by molar-refractivity contribution is 5.82. The molecule has 3 rings (SSSR count). The zero-order valence-electron chi connectivity index (χ0n) is 12.8. The molecule has 2 aliphatic heterocycles. The van der Waals surface area contributed by atoms with Crippen molar-refractivity contribution < 1.29 is 14.3 Å². The number of nitrogens with zero attached hydrogens (tertiary/aromatic N) is 3. The highest BCUT2D eigenvalue weighted by Crippen LogP contribution is 2.20. The molecule has 0 spiro atoms. The number of rotatable bonds is 4. The van der Waals surface area contributed by atoms with Crippen LogP contribution in [-0.2, 0) is 20.8 Å². The Hall–Kier alpha value is -1.44. The van der Waals surface area contributed by atoms with Gasteiger partial charge in [0.15, 0.2) is 0 Å². The number of nitrogens with two attached hydrogens (primary N) is 1. The van der Waals surface area contributed by atoms with Crippen molar-refractivity contribution in [3.63, 3.8) is 0 Å². The molecule has 1 aromatic rings. The van der Waals surface area contributed by atoms with Crippen molar-refractivity contribution in [2.75, 3.05) is 32.9 Å². The van der Waals surface area contributed by atoms with Crippen LogP contribution in [0.15, 0.2) is 18.5 Å². The molecule has 0 radical (unpaired) electrons. The third kappa shape index (κ3) is 3.66. The molecule has 0 bridgehead atoms. The zero-order valence-corrected chi connectivity index (χ0v) is 12.8. The molecule has 1 aromatic heterocycles. The van der Waals surface area contributed by atoms with Gasteiger partial charge < -0.3 is 20.1 Å². The van der Waals surface area contributed by atoms with Gasteiger partial charge in [0.2, 0.25) is 5.91 Å². The number of hydrogen-bond donors (Lipinski definition) is 1. The van der Waals surface area contributed by atoms with E-state index >= 15 is 0 Å². The lowest BCUT2D eigenvalue weighted by molar-refractivity contribution is -0.142. The molecule has 0 aromatic carbocycles. The highest BCUT2D eigenvalue weighted by atomic mass is 16.5. The summed E-state index contributed by atoms with van der Waals surface area (Å²) in [5, 5.41) is 4.18. The van der Waals surface area contributed by atoms with Crippen molar-refractivity contribution in [2.45, 2.75) is 31.5 Å². The summed E-state index contributed by atoms with van der Waals surface area (Å²) in [4.78, 5) is 14.5. The Morgan fingerprint density at radius 1 is 1.36 bits per heavy atom. The molecule has 2 fully saturated rings. The van der Waals surface area contributed by atoms with Gasteiger partial charge in [0.25, 0.3) is 0 Å². The van der Waals surface area contributed by atoms with Gasteiger partial charge in [-0.1, -0.05) is 0 Å². The molecule has 2 saturated heterocycles. The number of carbonyl (C=O) groups excluding carboxylic acids is 1. The van der Waals surface area contributed by atoms with Crippen molar-refractivity contribution in [3.05, 3.63) is 18.5 Å². The summed E-state index contributed by atoms with van der Waals surface area (Å²) in [5.74, 6) is 0.273. The number of ether oxygens (including phenoxy) is 2. The van der Waals surface area contributed by atoms with Crippen LogP contribution >= 0.6 is 0 Å². The normalized spacial score (nSPS) is 25.1. The number of hydrogen-bond acceptors (Lipinski definition) is 5. The van der Waals surface area contributed by atoms with E-state index in [1.165, 1.54) is 0 Å². The minimum atomic E-state index is -0.424.